The van der Waals surface area contributed by atoms with Crippen LogP contribution in [0.5, 0.6) is 0 Å². The number of nitrogens with zero attached hydrogens (tertiary/aromatic N) is 2. The van der Waals surface area contributed by atoms with Crippen LogP contribution in [0.1, 0.15) is 26.0 Å². The number of aromatic nitrogens is 1. The minimum absolute atomic E-state index is 0.333. The van der Waals surface area contributed by atoms with Gasteiger partial charge in [-0.1, -0.05) is 12.2 Å². The van der Waals surface area contributed by atoms with E-state index in [2.05, 4.69) is 36.1 Å². The van der Waals surface area contributed by atoms with E-state index in [0.29, 0.717) is 16.7 Å². The van der Waals surface area contributed by atoms with Gasteiger partial charge < -0.3 is 16.0 Å². The van der Waals surface area contributed by atoms with Crippen LogP contribution in [0.15, 0.2) is 18.3 Å². The van der Waals surface area contributed by atoms with Crippen molar-refractivity contribution >= 4 is 22.9 Å². The number of hydrogen-bond donors (Lipinski definition) is 2. The molecule has 0 aliphatic rings. The van der Waals surface area contributed by atoms with Gasteiger partial charge >= 0.3 is 0 Å². The number of rotatable bonds is 7. The summed E-state index contributed by atoms with van der Waals surface area (Å²) in [4.78, 5) is 6.84. The zero-order valence-corrected chi connectivity index (χ0v) is 12.1. The lowest BCUT2D eigenvalue weighted by atomic mass is 10.3. The van der Waals surface area contributed by atoms with Crippen molar-refractivity contribution in [1.82, 2.24) is 9.88 Å². The summed E-state index contributed by atoms with van der Waals surface area (Å²) in [5, 5.41) is 3.33. The third-order valence-electron chi connectivity index (χ3n) is 2.91. The van der Waals surface area contributed by atoms with Gasteiger partial charge in [0.15, 0.2) is 0 Å². The molecule has 1 aromatic heterocycles. The molecular formula is C13H22N4S. The van der Waals surface area contributed by atoms with E-state index in [1.54, 1.807) is 6.20 Å². The van der Waals surface area contributed by atoms with E-state index in [1.807, 2.05) is 12.1 Å². The quantitative estimate of drug-likeness (QED) is 0.583. The fourth-order valence-electron chi connectivity index (χ4n) is 1.46. The second-order valence-corrected chi connectivity index (χ2v) is 5.09. The normalized spacial score (nSPS) is 10.9. The van der Waals surface area contributed by atoms with Gasteiger partial charge in [0.05, 0.1) is 17.6 Å². The number of nitrogens with two attached hydrogens (primary N) is 1. The summed E-state index contributed by atoms with van der Waals surface area (Å²) >= 11 is 4.85. The van der Waals surface area contributed by atoms with Crippen molar-refractivity contribution < 1.29 is 0 Å². The van der Waals surface area contributed by atoms with E-state index in [4.69, 9.17) is 18.0 Å². The Kier molecular flexibility index (Phi) is 6.01. The molecule has 1 heterocycles. The molecular weight excluding hydrogens is 244 g/mol. The van der Waals surface area contributed by atoms with Crippen molar-refractivity contribution in [3.05, 3.63) is 24.0 Å². The molecule has 0 aromatic carbocycles. The molecule has 100 valence electrons. The SMILES string of the molecule is CC(C)N(C)CCCNc1ccc(C(N)=S)nc1. The predicted molar refractivity (Wildman–Crippen MR) is 81.0 cm³/mol. The van der Waals surface area contributed by atoms with Gasteiger partial charge in [-0.2, -0.15) is 0 Å². The second kappa shape index (κ2) is 7.28. The molecule has 1 aromatic rings. The number of thiocarbonyl (C=S) groups is 1. The minimum atomic E-state index is 0.333. The number of nitrogens with one attached hydrogen (secondary N) is 1. The Balaban J connectivity index is 2.29. The Morgan fingerprint density at radius 3 is 2.72 bits per heavy atom. The first-order chi connectivity index (χ1) is 8.50. The van der Waals surface area contributed by atoms with Crippen molar-refractivity contribution in [2.24, 2.45) is 5.73 Å². The van der Waals surface area contributed by atoms with Crippen LogP contribution in [-0.2, 0) is 0 Å². The summed E-state index contributed by atoms with van der Waals surface area (Å²) in [5.41, 5.74) is 7.15. The standard InChI is InChI=1S/C13H22N4S/c1-10(2)17(3)8-4-7-15-11-5-6-12(13(14)18)16-9-11/h5-6,9-10,15H,4,7-8H2,1-3H3,(H2,14,18). The molecule has 0 saturated carbocycles. The first-order valence-corrected chi connectivity index (χ1v) is 6.61. The summed E-state index contributed by atoms with van der Waals surface area (Å²) < 4.78 is 0. The maximum atomic E-state index is 5.49. The molecule has 0 aliphatic heterocycles. The molecule has 5 heteroatoms. The van der Waals surface area contributed by atoms with Crippen LogP contribution >= 0.6 is 12.2 Å². The van der Waals surface area contributed by atoms with Gasteiger partial charge in [0.1, 0.15) is 4.99 Å². The molecule has 0 spiro atoms. The number of pyridine rings is 1. The van der Waals surface area contributed by atoms with Gasteiger partial charge in [-0.25, -0.2) is 0 Å². The van der Waals surface area contributed by atoms with Crippen molar-refractivity contribution in [2.45, 2.75) is 26.3 Å². The molecule has 0 bridgehead atoms. The lowest BCUT2D eigenvalue weighted by molar-refractivity contribution is 0.273. The summed E-state index contributed by atoms with van der Waals surface area (Å²) in [5.74, 6) is 0. The van der Waals surface area contributed by atoms with Crippen molar-refractivity contribution in [3.63, 3.8) is 0 Å². The zero-order chi connectivity index (χ0) is 13.5. The van der Waals surface area contributed by atoms with Crippen LogP contribution in [0.3, 0.4) is 0 Å². The first-order valence-electron chi connectivity index (χ1n) is 6.20. The van der Waals surface area contributed by atoms with Gasteiger partial charge in [0.25, 0.3) is 0 Å². The monoisotopic (exact) mass is 266 g/mol. The van der Waals surface area contributed by atoms with Crippen molar-refractivity contribution in [3.8, 4) is 0 Å². The van der Waals surface area contributed by atoms with E-state index in [1.165, 1.54) is 0 Å². The van der Waals surface area contributed by atoms with E-state index in [9.17, 15) is 0 Å². The topological polar surface area (TPSA) is 54.2 Å². The Morgan fingerprint density at radius 1 is 1.50 bits per heavy atom. The maximum absolute atomic E-state index is 5.49. The Labute approximate surface area is 115 Å². The average Bonchev–Trinajstić information content (AvgIpc) is 2.34. The Morgan fingerprint density at radius 2 is 2.22 bits per heavy atom. The highest BCUT2D eigenvalue weighted by molar-refractivity contribution is 7.80. The molecule has 0 atom stereocenters. The largest absolute Gasteiger partial charge is 0.388 e. The molecule has 0 fully saturated rings. The third-order valence-corrected chi connectivity index (χ3v) is 3.12. The lowest BCUT2D eigenvalue weighted by Gasteiger charge is -2.20. The molecule has 18 heavy (non-hydrogen) atoms. The van der Waals surface area contributed by atoms with Crippen LogP contribution in [0.2, 0.25) is 0 Å². The minimum Gasteiger partial charge on any atom is -0.388 e. The molecule has 1 rings (SSSR count). The molecule has 0 aliphatic carbocycles. The van der Waals surface area contributed by atoms with E-state index in [0.717, 1.165) is 25.2 Å². The molecule has 0 unspecified atom stereocenters. The average molecular weight is 266 g/mol. The van der Waals surface area contributed by atoms with Crippen LogP contribution < -0.4 is 11.1 Å². The summed E-state index contributed by atoms with van der Waals surface area (Å²) in [7, 11) is 2.14. The van der Waals surface area contributed by atoms with Crippen LogP contribution in [0.25, 0.3) is 0 Å². The summed E-state index contributed by atoms with van der Waals surface area (Å²) in [6.07, 6.45) is 2.87. The van der Waals surface area contributed by atoms with Gasteiger partial charge in [0.2, 0.25) is 0 Å². The van der Waals surface area contributed by atoms with Crippen molar-refractivity contribution in [2.75, 3.05) is 25.5 Å². The third kappa shape index (κ3) is 4.98. The van der Waals surface area contributed by atoms with Gasteiger partial charge in [-0.3, -0.25) is 4.98 Å². The van der Waals surface area contributed by atoms with E-state index in [-0.39, 0.29) is 0 Å². The Hall–Kier alpha value is -1.20. The highest BCUT2D eigenvalue weighted by atomic mass is 32.1. The summed E-state index contributed by atoms with van der Waals surface area (Å²) in [6, 6.07) is 4.38. The molecule has 0 amide bonds. The summed E-state index contributed by atoms with van der Waals surface area (Å²) in [6.45, 7) is 6.42. The van der Waals surface area contributed by atoms with Gasteiger partial charge in [-0.15, -0.1) is 0 Å². The fraction of sp³-hybridized carbons (Fsp3) is 0.538. The van der Waals surface area contributed by atoms with Gasteiger partial charge in [-0.05, 0) is 46.0 Å². The fourth-order valence-corrected chi connectivity index (χ4v) is 1.58. The molecule has 4 nitrogen and oxygen atoms in total. The molecule has 3 N–H and O–H groups in total. The smallest absolute Gasteiger partial charge is 0.122 e. The maximum Gasteiger partial charge on any atom is 0.122 e. The first kappa shape index (κ1) is 14.9. The zero-order valence-electron chi connectivity index (χ0n) is 11.3. The van der Waals surface area contributed by atoms with E-state index >= 15 is 0 Å². The van der Waals surface area contributed by atoms with Crippen molar-refractivity contribution in [1.29, 1.82) is 0 Å². The highest BCUT2D eigenvalue weighted by Crippen LogP contribution is 2.06. The van der Waals surface area contributed by atoms with Crippen LogP contribution in [-0.4, -0.2) is 41.1 Å². The molecule has 0 radical (unpaired) electrons. The predicted octanol–water partition coefficient (Wildman–Crippen LogP) is 1.86. The lowest BCUT2D eigenvalue weighted by Crippen LogP contribution is -2.28. The Bertz CT molecular complexity index is 375. The second-order valence-electron chi connectivity index (χ2n) is 4.65. The van der Waals surface area contributed by atoms with Gasteiger partial charge in [0, 0.05) is 12.6 Å². The van der Waals surface area contributed by atoms with Crippen LogP contribution in [0.4, 0.5) is 5.69 Å². The number of hydrogen-bond acceptors (Lipinski definition) is 4. The molecule has 0 saturated heterocycles. The van der Waals surface area contributed by atoms with E-state index < -0.39 is 0 Å². The van der Waals surface area contributed by atoms with Crippen LogP contribution in [0, 0.1) is 0 Å². The highest BCUT2D eigenvalue weighted by Gasteiger charge is 2.02. The number of anilines is 1.